The smallest absolute Gasteiger partial charge is 0.250 e. The number of aromatic nitrogens is 2. The number of hydrogen-bond acceptors (Lipinski definition) is 8. The molecule has 0 amide bonds. The van der Waals surface area contributed by atoms with Crippen molar-refractivity contribution in [3.63, 3.8) is 0 Å². The van der Waals surface area contributed by atoms with E-state index in [4.69, 9.17) is 9.47 Å². The molecule has 2 aliphatic heterocycles. The van der Waals surface area contributed by atoms with Crippen molar-refractivity contribution >= 4 is 27.3 Å². The van der Waals surface area contributed by atoms with Crippen LogP contribution in [0.4, 0.5) is 5.95 Å². The van der Waals surface area contributed by atoms with Gasteiger partial charge in [0.05, 0.1) is 31.0 Å². The van der Waals surface area contributed by atoms with Crippen LogP contribution in [0.5, 0.6) is 0 Å². The average molecular weight is 425 g/mol. The Balaban J connectivity index is 1.43. The standard InChI is InChI=1S/C18H24N4O4S2/c1-18(2,3)13-6-7-19-17(21-13)20-11-9-25-16-12(10-26-15(11)16)22-28(23,24)14-5-4-8-27-14/h4-8,11-12,15-16,22H,9-10H2,1-3H3,(H,19,20,21). The summed E-state index contributed by atoms with van der Waals surface area (Å²) in [5.74, 6) is 0.521. The molecule has 0 bridgehead atoms. The summed E-state index contributed by atoms with van der Waals surface area (Å²) in [5.41, 5.74) is 0.859. The van der Waals surface area contributed by atoms with Crippen molar-refractivity contribution in [1.82, 2.24) is 14.7 Å². The molecule has 2 aromatic rings. The van der Waals surface area contributed by atoms with Gasteiger partial charge in [-0.2, -0.15) is 0 Å². The summed E-state index contributed by atoms with van der Waals surface area (Å²) in [7, 11) is -3.57. The fourth-order valence-electron chi connectivity index (χ4n) is 3.41. The van der Waals surface area contributed by atoms with Crippen molar-refractivity contribution in [3.8, 4) is 0 Å². The van der Waals surface area contributed by atoms with E-state index in [0.29, 0.717) is 12.6 Å². The number of fused-ring (bicyclic) bond motifs is 1. The molecule has 4 heterocycles. The van der Waals surface area contributed by atoms with E-state index in [9.17, 15) is 8.42 Å². The normalized spacial score (nSPS) is 27.7. The highest BCUT2D eigenvalue weighted by atomic mass is 32.2. The first kappa shape index (κ1) is 19.7. The van der Waals surface area contributed by atoms with Crippen molar-refractivity contribution in [2.45, 2.75) is 54.7 Å². The van der Waals surface area contributed by atoms with E-state index in [-0.39, 0.29) is 34.5 Å². The third-order valence-electron chi connectivity index (χ3n) is 4.86. The molecular formula is C18H24N4O4S2. The Morgan fingerprint density at radius 3 is 2.54 bits per heavy atom. The minimum Gasteiger partial charge on any atom is -0.371 e. The van der Waals surface area contributed by atoms with Crippen LogP contribution in [0.15, 0.2) is 34.0 Å². The quantitative estimate of drug-likeness (QED) is 0.754. The number of thiophene rings is 1. The number of sulfonamides is 1. The van der Waals surface area contributed by atoms with Crippen molar-refractivity contribution < 1.29 is 17.9 Å². The fourth-order valence-corrected chi connectivity index (χ4v) is 5.65. The second kappa shape index (κ2) is 7.34. The minimum atomic E-state index is -3.57. The van der Waals surface area contributed by atoms with Crippen LogP contribution in [-0.2, 0) is 24.9 Å². The summed E-state index contributed by atoms with van der Waals surface area (Å²) in [6, 6.07) is 4.63. The predicted octanol–water partition coefficient (Wildman–Crippen LogP) is 1.76. The molecule has 4 atom stereocenters. The molecule has 0 spiro atoms. The van der Waals surface area contributed by atoms with Gasteiger partial charge in [-0.3, -0.25) is 0 Å². The van der Waals surface area contributed by atoms with Crippen LogP contribution in [-0.4, -0.2) is 55.9 Å². The SMILES string of the molecule is CC(C)(C)c1ccnc(NC2COC3C(NS(=O)(=O)c4cccs4)COC23)n1. The maximum absolute atomic E-state index is 12.5. The maximum Gasteiger partial charge on any atom is 0.250 e. The molecule has 0 radical (unpaired) electrons. The predicted molar refractivity (Wildman–Crippen MR) is 106 cm³/mol. The third-order valence-corrected chi connectivity index (χ3v) is 7.75. The van der Waals surface area contributed by atoms with E-state index in [1.165, 1.54) is 11.3 Å². The van der Waals surface area contributed by atoms with Gasteiger partial charge in [0, 0.05) is 11.6 Å². The molecule has 2 N–H and O–H groups in total. The molecule has 0 saturated carbocycles. The summed E-state index contributed by atoms with van der Waals surface area (Å²) in [5, 5.41) is 5.02. The van der Waals surface area contributed by atoms with Gasteiger partial charge in [0.15, 0.2) is 0 Å². The molecule has 10 heteroatoms. The Bertz CT molecular complexity index is 927. The van der Waals surface area contributed by atoms with E-state index in [2.05, 4.69) is 40.8 Å². The third kappa shape index (κ3) is 3.92. The molecule has 2 aliphatic rings. The lowest BCUT2D eigenvalue weighted by molar-refractivity contribution is 0.0690. The van der Waals surface area contributed by atoms with Gasteiger partial charge in [-0.15, -0.1) is 11.3 Å². The summed E-state index contributed by atoms with van der Waals surface area (Å²) in [4.78, 5) is 8.89. The number of nitrogens with one attached hydrogen (secondary N) is 2. The number of ether oxygens (including phenoxy) is 2. The first-order valence-electron chi connectivity index (χ1n) is 9.13. The second-order valence-corrected chi connectivity index (χ2v) is 10.9. The van der Waals surface area contributed by atoms with Crippen LogP contribution in [0.3, 0.4) is 0 Å². The zero-order valence-corrected chi connectivity index (χ0v) is 17.6. The molecule has 8 nitrogen and oxygen atoms in total. The summed E-state index contributed by atoms with van der Waals surface area (Å²) >= 11 is 1.18. The highest BCUT2D eigenvalue weighted by molar-refractivity contribution is 7.91. The number of rotatable bonds is 5. The largest absolute Gasteiger partial charge is 0.371 e. The van der Waals surface area contributed by atoms with Crippen molar-refractivity contribution in [3.05, 3.63) is 35.5 Å². The highest BCUT2D eigenvalue weighted by Crippen LogP contribution is 2.30. The zero-order chi connectivity index (χ0) is 19.9. The Morgan fingerprint density at radius 2 is 1.86 bits per heavy atom. The number of hydrogen-bond donors (Lipinski definition) is 2. The Hall–Kier alpha value is -1.59. The summed E-state index contributed by atoms with van der Waals surface area (Å²) in [6.45, 7) is 6.95. The van der Waals surface area contributed by atoms with Gasteiger partial charge in [-0.05, 0) is 17.5 Å². The molecular weight excluding hydrogens is 400 g/mol. The lowest BCUT2D eigenvalue weighted by atomic mass is 9.92. The fraction of sp³-hybridized carbons (Fsp3) is 0.556. The number of nitrogens with zero attached hydrogens (tertiary/aromatic N) is 2. The molecule has 0 aliphatic carbocycles. The van der Waals surface area contributed by atoms with E-state index in [1.54, 1.807) is 23.7 Å². The Labute approximate surface area is 168 Å². The van der Waals surface area contributed by atoms with E-state index in [0.717, 1.165) is 5.69 Å². The Kier molecular flexibility index (Phi) is 5.17. The molecule has 2 saturated heterocycles. The summed E-state index contributed by atoms with van der Waals surface area (Å²) < 4.78 is 39.7. The van der Waals surface area contributed by atoms with Gasteiger partial charge in [-0.1, -0.05) is 26.8 Å². The van der Waals surface area contributed by atoms with E-state index in [1.807, 2.05) is 6.07 Å². The van der Waals surface area contributed by atoms with E-state index < -0.39 is 16.1 Å². The highest BCUT2D eigenvalue weighted by Gasteiger charge is 2.49. The van der Waals surface area contributed by atoms with Gasteiger partial charge < -0.3 is 14.8 Å². The first-order valence-corrected chi connectivity index (χ1v) is 11.5. The topological polar surface area (TPSA) is 102 Å². The molecule has 2 fully saturated rings. The van der Waals surface area contributed by atoms with Gasteiger partial charge in [-0.25, -0.2) is 23.1 Å². The second-order valence-electron chi connectivity index (χ2n) is 8.02. The minimum absolute atomic E-state index is 0.0803. The van der Waals surface area contributed by atoms with Crippen LogP contribution in [0, 0.1) is 0 Å². The maximum atomic E-state index is 12.5. The van der Waals surface area contributed by atoms with Crippen molar-refractivity contribution in [1.29, 1.82) is 0 Å². The monoisotopic (exact) mass is 424 g/mol. The van der Waals surface area contributed by atoms with E-state index >= 15 is 0 Å². The van der Waals surface area contributed by atoms with Crippen LogP contribution in [0.1, 0.15) is 26.5 Å². The molecule has 28 heavy (non-hydrogen) atoms. The lowest BCUT2D eigenvalue weighted by Crippen LogP contribution is -2.44. The van der Waals surface area contributed by atoms with Gasteiger partial charge in [0.2, 0.25) is 16.0 Å². The lowest BCUT2D eigenvalue weighted by Gasteiger charge is -2.21. The molecule has 152 valence electrons. The van der Waals surface area contributed by atoms with Gasteiger partial charge >= 0.3 is 0 Å². The van der Waals surface area contributed by atoms with Crippen LogP contribution in [0.25, 0.3) is 0 Å². The number of anilines is 1. The molecule has 4 unspecified atom stereocenters. The van der Waals surface area contributed by atoms with Crippen LogP contribution < -0.4 is 10.0 Å². The zero-order valence-electron chi connectivity index (χ0n) is 16.0. The molecule has 0 aromatic carbocycles. The van der Waals surface area contributed by atoms with Crippen molar-refractivity contribution in [2.75, 3.05) is 18.5 Å². The molecule has 2 aromatic heterocycles. The summed E-state index contributed by atoms with van der Waals surface area (Å²) in [6.07, 6.45) is 1.12. The van der Waals surface area contributed by atoms with Crippen molar-refractivity contribution in [2.24, 2.45) is 0 Å². The molecule has 4 rings (SSSR count). The Morgan fingerprint density at radius 1 is 1.14 bits per heavy atom. The first-order chi connectivity index (χ1) is 13.2. The van der Waals surface area contributed by atoms with Gasteiger partial charge in [0.25, 0.3) is 0 Å². The van der Waals surface area contributed by atoms with Gasteiger partial charge in [0.1, 0.15) is 16.4 Å². The van der Waals surface area contributed by atoms with Crippen LogP contribution in [0.2, 0.25) is 0 Å². The average Bonchev–Trinajstić information content (AvgIpc) is 3.35. The van der Waals surface area contributed by atoms with Crippen LogP contribution >= 0.6 is 11.3 Å².